The molecule has 130 valence electrons. The highest BCUT2D eigenvalue weighted by molar-refractivity contribution is 7.89. The molecule has 0 heterocycles. The molecule has 0 spiro atoms. The number of nitro benzene ring substituents is 1. The Kier molecular flexibility index (Phi) is 4.51. The molecule has 9 heteroatoms. The Balaban J connectivity index is 1.79. The van der Waals surface area contributed by atoms with Crippen LogP contribution >= 0.6 is 0 Å². The molecule has 1 aliphatic rings. The van der Waals surface area contributed by atoms with E-state index in [9.17, 15) is 23.3 Å². The van der Waals surface area contributed by atoms with Gasteiger partial charge >= 0.3 is 0 Å². The molecule has 1 amide bonds. The van der Waals surface area contributed by atoms with Gasteiger partial charge in [0.2, 0.25) is 10.0 Å². The number of nitro groups is 1. The minimum Gasteiger partial charge on any atom is -0.322 e. The number of benzene rings is 2. The van der Waals surface area contributed by atoms with E-state index in [0.29, 0.717) is 0 Å². The second-order valence-electron chi connectivity index (χ2n) is 5.68. The predicted molar refractivity (Wildman–Crippen MR) is 90.8 cm³/mol. The van der Waals surface area contributed by atoms with Crippen molar-refractivity contribution in [2.75, 3.05) is 5.32 Å². The van der Waals surface area contributed by atoms with Gasteiger partial charge in [-0.25, -0.2) is 13.1 Å². The van der Waals surface area contributed by atoms with Crippen LogP contribution < -0.4 is 10.0 Å². The van der Waals surface area contributed by atoms with E-state index in [1.807, 2.05) is 0 Å². The lowest BCUT2D eigenvalue weighted by Gasteiger charge is -2.08. The van der Waals surface area contributed by atoms with Crippen molar-refractivity contribution in [3.63, 3.8) is 0 Å². The summed E-state index contributed by atoms with van der Waals surface area (Å²) >= 11 is 0. The van der Waals surface area contributed by atoms with Crippen LogP contribution in [0.4, 0.5) is 11.4 Å². The molecule has 0 aromatic heterocycles. The fourth-order valence-corrected chi connectivity index (χ4v) is 3.54. The summed E-state index contributed by atoms with van der Waals surface area (Å²) in [6, 6.07) is 11.1. The van der Waals surface area contributed by atoms with Crippen molar-refractivity contribution in [3.8, 4) is 0 Å². The number of nitrogens with zero attached hydrogens (tertiary/aromatic N) is 1. The number of nitrogens with one attached hydrogen (secondary N) is 2. The van der Waals surface area contributed by atoms with Crippen molar-refractivity contribution in [1.29, 1.82) is 0 Å². The van der Waals surface area contributed by atoms with Crippen molar-refractivity contribution in [2.45, 2.75) is 23.8 Å². The van der Waals surface area contributed by atoms with E-state index in [4.69, 9.17) is 0 Å². The molecule has 2 N–H and O–H groups in total. The first kappa shape index (κ1) is 17.1. The summed E-state index contributed by atoms with van der Waals surface area (Å²) in [4.78, 5) is 22.5. The lowest BCUT2D eigenvalue weighted by Crippen LogP contribution is -2.26. The van der Waals surface area contributed by atoms with Crippen LogP contribution in [0.1, 0.15) is 23.2 Å². The van der Waals surface area contributed by atoms with E-state index >= 15 is 0 Å². The summed E-state index contributed by atoms with van der Waals surface area (Å²) < 4.78 is 27.0. The summed E-state index contributed by atoms with van der Waals surface area (Å²) in [6.07, 6.45) is 1.62. The number of hydrogen-bond donors (Lipinski definition) is 2. The highest BCUT2D eigenvalue weighted by Gasteiger charge is 2.28. The summed E-state index contributed by atoms with van der Waals surface area (Å²) in [5.41, 5.74) is 0.247. The first-order valence-electron chi connectivity index (χ1n) is 7.53. The van der Waals surface area contributed by atoms with Crippen molar-refractivity contribution < 1.29 is 18.1 Å². The highest BCUT2D eigenvalue weighted by Crippen LogP contribution is 2.23. The van der Waals surface area contributed by atoms with Gasteiger partial charge in [-0.3, -0.25) is 14.9 Å². The van der Waals surface area contributed by atoms with Gasteiger partial charge < -0.3 is 5.32 Å². The zero-order valence-corrected chi connectivity index (χ0v) is 13.8. The van der Waals surface area contributed by atoms with Crippen LogP contribution in [0.15, 0.2) is 53.4 Å². The molecule has 0 unspecified atom stereocenters. The number of non-ortho nitro benzene ring substituents is 1. The molecule has 8 nitrogen and oxygen atoms in total. The predicted octanol–water partition coefficient (Wildman–Crippen LogP) is 2.29. The highest BCUT2D eigenvalue weighted by atomic mass is 32.2. The molecule has 1 aliphatic carbocycles. The fourth-order valence-electron chi connectivity index (χ4n) is 2.19. The quantitative estimate of drug-likeness (QED) is 0.604. The summed E-state index contributed by atoms with van der Waals surface area (Å²) in [5.74, 6) is -0.552. The van der Waals surface area contributed by atoms with Crippen LogP contribution in [0.3, 0.4) is 0 Å². The van der Waals surface area contributed by atoms with Crippen molar-refractivity contribution in [3.05, 3.63) is 64.2 Å². The van der Waals surface area contributed by atoms with E-state index in [1.54, 1.807) is 0 Å². The van der Waals surface area contributed by atoms with Gasteiger partial charge in [0.15, 0.2) is 0 Å². The molecule has 0 bridgehead atoms. The third kappa shape index (κ3) is 4.20. The zero-order chi connectivity index (χ0) is 18.0. The van der Waals surface area contributed by atoms with Gasteiger partial charge in [-0.1, -0.05) is 12.1 Å². The maximum Gasteiger partial charge on any atom is 0.271 e. The normalized spacial score (nSPS) is 14.1. The summed E-state index contributed by atoms with van der Waals surface area (Å²) in [6.45, 7) is 0. The zero-order valence-electron chi connectivity index (χ0n) is 13.0. The van der Waals surface area contributed by atoms with Gasteiger partial charge in [0.25, 0.3) is 11.6 Å². The van der Waals surface area contributed by atoms with E-state index in [1.165, 1.54) is 48.5 Å². The van der Waals surface area contributed by atoms with Gasteiger partial charge in [-0.05, 0) is 37.1 Å². The Morgan fingerprint density at radius 1 is 1.12 bits per heavy atom. The lowest BCUT2D eigenvalue weighted by molar-refractivity contribution is -0.384. The van der Waals surface area contributed by atoms with E-state index in [0.717, 1.165) is 12.8 Å². The van der Waals surface area contributed by atoms with Crippen LogP contribution in [-0.4, -0.2) is 25.3 Å². The maximum absolute atomic E-state index is 12.3. The summed E-state index contributed by atoms with van der Waals surface area (Å²) in [5, 5.41) is 13.3. The number of carbonyl (C=O) groups is 1. The average Bonchev–Trinajstić information content (AvgIpc) is 3.38. The van der Waals surface area contributed by atoms with Gasteiger partial charge in [0.1, 0.15) is 0 Å². The Labute approximate surface area is 144 Å². The molecular formula is C16H15N3O5S. The first-order chi connectivity index (χ1) is 11.8. The molecule has 0 saturated heterocycles. The third-order valence-corrected chi connectivity index (χ3v) is 5.14. The van der Waals surface area contributed by atoms with Crippen LogP contribution in [0.2, 0.25) is 0 Å². The van der Waals surface area contributed by atoms with E-state index in [-0.39, 0.29) is 27.9 Å². The number of amides is 1. The molecule has 0 aliphatic heterocycles. The smallest absolute Gasteiger partial charge is 0.271 e. The summed E-state index contributed by atoms with van der Waals surface area (Å²) in [7, 11) is -3.66. The topological polar surface area (TPSA) is 118 Å². The Hall–Kier alpha value is -2.78. The Morgan fingerprint density at radius 2 is 1.84 bits per heavy atom. The maximum atomic E-state index is 12.3. The standard InChI is InChI=1S/C16H15N3O5S/c20-16(17-13-4-2-5-14(10-13)19(21)22)11-3-1-6-15(9-11)25(23,24)18-12-7-8-12/h1-6,9-10,12,18H,7-8H2,(H,17,20). The SMILES string of the molecule is O=C(Nc1cccc([N+](=O)[O-])c1)c1cccc(S(=O)(=O)NC2CC2)c1. The van der Waals surface area contributed by atoms with Gasteiger partial charge in [-0.2, -0.15) is 0 Å². The molecule has 3 rings (SSSR count). The third-order valence-electron chi connectivity index (χ3n) is 3.62. The van der Waals surface area contributed by atoms with Crippen LogP contribution in [-0.2, 0) is 10.0 Å². The Bertz CT molecular complexity index is 938. The van der Waals surface area contributed by atoms with Gasteiger partial charge in [0, 0.05) is 29.4 Å². The number of rotatable bonds is 6. The minimum absolute atomic E-state index is 0.00564. The molecule has 2 aromatic rings. The molecule has 0 atom stereocenters. The second-order valence-corrected chi connectivity index (χ2v) is 7.40. The van der Waals surface area contributed by atoms with E-state index in [2.05, 4.69) is 10.0 Å². The van der Waals surface area contributed by atoms with Crippen LogP contribution in [0.5, 0.6) is 0 Å². The molecule has 0 radical (unpaired) electrons. The van der Waals surface area contributed by atoms with Gasteiger partial charge in [0.05, 0.1) is 9.82 Å². The number of hydrogen-bond acceptors (Lipinski definition) is 5. The number of anilines is 1. The van der Waals surface area contributed by atoms with Gasteiger partial charge in [-0.15, -0.1) is 0 Å². The molecule has 25 heavy (non-hydrogen) atoms. The number of carbonyl (C=O) groups excluding carboxylic acids is 1. The molecule has 1 fully saturated rings. The van der Waals surface area contributed by atoms with Crippen molar-refractivity contribution in [2.24, 2.45) is 0 Å². The largest absolute Gasteiger partial charge is 0.322 e. The monoisotopic (exact) mass is 361 g/mol. The van der Waals surface area contributed by atoms with Crippen molar-refractivity contribution in [1.82, 2.24) is 4.72 Å². The lowest BCUT2D eigenvalue weighted by atomic mass is 10.2. The van der Waals surface area contributed by atoms with Crippen molar-refractivity contribution >= 4 is 27.3 Å². The minimum atomic E-state index is -3.66. The number of sulfonamides is 1. The van der Waals surface area contributed by atoms with Crippen LogP contribution in [0.25, 0.3) is 0 Å². The first-order valence-corrected chi connectivity index (χ1v) is 9.02. The second kappa shape index (κ2) is 6.61. The molecule has 1 saturated carbocycles. The Morgan fingerprint density at radius 3 is 2.52 bits per heavy atom. The fraction of sp³-hybridized carbons (Fsp3) is 0.188. The molecular weight excluding hydrogens is 346 g/mol. The average molecular weight is 361 g/mol. The van der Waals surface area contributed by atoms with E-state index < -0.39 is 20.9 Å². The molecule has 2 aromatic carbocycles. The van der Waals surface area contributed by atoms with Crippen LogP contribution in [0, 0.1) is 10.1 Å².